The Balaban J connectivity index is 2.02. The highest BCUT2D eigenvalue weighted by atomic mass is 79.9. The Morgan fingerprint density at radius 3 is 2.16 bits per heavy atom. The van der Waals surface area contributed by atoms with Crippen LogP contribution in [-0.4, -0.2) is 10.3 Å². The first-order chi connectivity index (χ1) is 12.2. The molecule has 0 saturated carbocycles. The van der Waals surface area contributed by atoms with Crippen molar-refractivity contribution in [1.29, 1.82) is 0 Å². The van der Waals surface area contributed by atoms with Crippen molar-refractivity contribution in [1.82, 2.24) is 4.52 Å². The van der Waals surface area contributed by atoms with Gasteiger partial charge in [-0.2, -0.15) is 0 Å². The summed E-state index contributed by atoms with van der Waals surface area (Å²) >= 11 is 3.49. The van der Waals surface area contributed by atoms with Crippen molar-refractivity contribution in [3.05, 3.63) is 106 Å². The van der Waals surface area contributed by atoms with Gasteiger partial charge >= 0.3 is 0 Å². The molecule has 0 fully saturated rings. The lowest BCUT2D eigenvalue weighted by atomic mass is 10.1. The van der Waals surface area contributed by atoms with Crippen LogP contribution in [0, 0.1) is 0 Å². The Morgan fingerprint density at radius 1 is 0.920 bits per heavy atom. The second kappa shape index (κ2) is 6.18. The highest BCUT2D eigenvalue weighted by Gasteiger charge is 2.29. The van der Waals surface area contributed by atoms with E-state index >= 15 is 0 Å². The van der Waals surface area contributed by atoms with Crippen molar-refractivity contribution in [2.75, 3.05) is 0 Å². The number of ketones is 1. The lowest BCUT2D eigenvalue weighted by molar-refractivity contribution is -0.616. The number of hydrogen-bond donors (Lipinski definition) is 0. The Morgan fingerprint density at radius 2 is 1.52 bits per heavy atom. The smallest absolute Gasteiger partial charge is 0.300 e. The summed E-state index contributed by atoms with van der Waals surface area (Å²) in [5, 5.41) is 13.4. The normalized spacial score (nSPS) is 12.4. The number of fused-ring (bicyclic) bond motifs is 1. The largest absolute Gasteiger partial charge is 0.870 e. The Kier molecular flexibility index (Phi) is 3.86. The fourth-order valence-corrected chi connectivity index (χ4v) is 3.61. The van der Waals surface area contributed by atoms with Crippen LogP contribution in [0.2, 0.25) is 0 Å². The summed E-state index contributed by atoms with van der Waals surface area (Å²) in [5.41, 5.74) is 1.57. The number of halogens is 1. The third kappa shape index (κ3) is 2.53. The van der Waals surface area contributed by atoms with E-state index < -0.39 is 0 Å². The first-order valence-electron chi connectivity index (χ1n) is 7.75. The van der Waals surface area contributed by atoms with E-state index in [4.69, 9.17) is 0 Å². The van der Waals surface area contributed by atoms with Gasteiger partial charge in [-0.15, -0.1) is 4.52 Å². The molecule has 0 unspecified atom stereocenters. The second-order valence-electron chi connectivity index (χ2n) is 5.58. The maximum Gasteiger partial charge on any atom is 0.300 e. The molecule has 0 radical (unpaired) electrons. The monoisotopic (exact) mass is 392 g/mol. The van der Waals surface area contributed by atoms with Crippen LogP contribution < -0.4 is 15.0 Å². The summed E-state index contributed by atoms with van der Waals surface area (Å²) in [4.78, 5) is 13.0. The number of rotatable bonds is 3. The van der Waals surface area contributed by atoms with Crippen LogP contribution in [0.25, 0.3) is 5.76 Å². The molecule has 0 aliphatic carbocycles. The zero-order valence-corrected chi connectivity index (χ0v) is 14.7. The van der Waals surface area contributed by atoms with Gasteiger partial charge in [-0.1, -0.05) is 70.9 Å². The molecule has 0 aliphatic rings. The van der Waals surface area contributed by atoms with Crippen LogP contribution in [0.15, 0.2) is 83.6 Å². The summed E-state index contributed by atoms with van der Waals surface area (Å²) in [6.07, 6.45) is 3.53. The summed E-state index contributed by atoms with van der Waals surface area (Å²) < 4.78 is 3.88. The molecule has 0 atom stereocenters. The predicted octanol–water partition coefficient (Wildman–Crippen LogP) is 1.75. The summed E-state index contributed by atoms with van der Waals surface area (Å²) in [6.45, 7) is 0. The second-order valence-corrected chi connectivity index (χ2v) is 6.37. The molecule has 0 saturated heterocycles. The highest BCUT2D eigenvalue weighted by Crippen LogP contribution is 2.16. The maximum absolute atomic E-state index is 13.0. The van der Waals surface area contributed by atoms with E-state index in [0.29, 0.717) is 26.6 Å². The van der Waals surface area contributed by atoms with E-state index in [-0.39, 0.29) is 11.5 Å². The van der Waals surface area contributed by atoms with Crippen molar-refractivity contribution >= 4 is 27.5 Å². The van der Waals surface area contributed by atoms with Gasteiger partial charge in [-0.05, 0) is 21.5 Å². The van der Waals surface area contributed by atoms with Crippen LogP contribution in [-0.2, 0) is 0 Å². The summed E-state index contributed by atoms with van der Waals surface area (Å²) in [7, 11) is 0. The Labute approximate surface area is 152 Å². The van der Waals surface area contributed by atoms with E-state index in [1.807, 2.05) is 36.4 Å². The van der Waals surface area contributed by atoms with Crippen molar-refractivity contribution in [3.8, 4) is 0 Å². The molecular formula is C20H13BrN2O2. The van der Waals surface area contributed by atoms with Crippen molar-refractivity contribution in [3.63, 3.8) is 0 Å². The molecule has 2 heterocycles. The predicted molar refractivity (Wildman–Crippen MR) is 94.8 cm³/mol. The minimum Gasteiger partial charge on any atom is -0.870 e. The molecule has 4 rings (SSSR count). The number of benzene rings is 2. The molecular weight excluding hydrogens is 380 g/mol. The third-order valence-electron chi connectivity index (χ3n) is 4.06. The van der Waals surface area contributed by atoms with Gasteiger partial charge in [-0.25, -0.2) is 0 Å². The summed E-state index contributed by atoms with van der Waals surface area (Å²) in [6, 6.07) is 19.9. The molecule has 4 aromatic rings. The Bertz CT molecular complexity index is 1120. The van der Waals surface area contributed by atoms with Gasteiger partial charge in [0.05, 0.1) is 6.20 Å². The number of hydrogen-bond acceptors (Lipinski definition) is 2. The van der Waals surface area contributed by atoms with Gasteiger partial charge in [0.25, 0.3) is 11.5 Å². The van der Waals surface area contributed by atoms with Gasteiger partial charge in [0.2, 0.25) is 6.20 Å². The van der Waals surface area contributed by atoms with Gasteiger partial charge in [0.1, 0.15) is 9.82 Å². The molecule has 4 nitrogen and oxygen atoms in total. The first-order valence-corrected chi connectivity index (χ1v) is 8.54. The van der Waals surface area contributed by atoms with Crippen LogP contribution in [0.5, 0.6) is 0 Å². The molecule has 0 spiro atoms. The van der Waals surface area contributed by atoms with Gasteiger partial charge in [0.15, 0.2) is 0 Å². The molecule has 122 valence electrons. The number of nitrogens with zero attached hydrogens (tertiary/aromatic N) is 2. The van der Waals surface area contributed by atoms with Gasteiger partial charge < -0.3 is 5.11 Å². The molecule has 0 amide bonds. The van der Waals surface area contributed by atoms with Gasteiger partial charge in [-0.3, -0.25) is 4.79 Å². The zero-order valence-electron chi connectivity index (χ0n) is 13.1. The van der Waals surface area contributed by atoms with Crippen molar-refractivity contribution in [2.24, 2.45) is 0 Å². The minimum atomic E-state index is -0.145. The Hall–Kier alpha value is -2.92. The lowest BCUT2D eigenvalue weighted by Gasteiger charge is -2.10. The molecule has 0 bridgehead atoms. The lowest BCUT2D eigenvalue weighted by Crippen LogP contribution is -2.35. The number of carbonyl (C=O) groups excluding carboxylic acids is 1. The van der Waals surface area contributed by atoms with E-state index in [0.717, 1.165) is 0 Å². The molecule has 0 aliphatic heterocycles. The SMILES string of the molecule is O=C(c1ccccc1)c1c(Br)/c(=C(\[O-])c2ccccc2)n2ccc[n+]12. The minimum absolute atomic E-state index is 0.145. The molecule has 2 aromatic heterocycles. The van der Waals surface area contributed by atoms with Crippen LogP contribution >= 0.6 is 15.9 Å². The standard InChI is InChI=1S/C20H13BrN2O2/c21-16-17(19(24)14-8-3-1-4-9-14)22-12-7-13-23(22)18(16)20(25)15-10-5-2-6-11-15/h1-13H. The fourth-order valence-electron chi connectivity index (χ4n) is 2.88. The third-order valence-corrected chi connectivity index (χ3v) is 4.81. The van der Waals surface area contributed by atoms with Crippen LogP contribution in [0.4, 0.5) is 0 Å². The molecule has 0 N–H and O–H groups in total. The summed E-state index contributed by atoms with van der Waals surface area (Å²) in [5.74, 6) is -0.290. The van der Waals surface area contributed by atoms with Crippen LogP contribution in [0.3, 0.4) is 0 Å². The average Bonchev–Trinajstić information content (AvgIpc) is 3.22. The fraction of sp³-hybridized carbons (Fsp3) is 0. The molecule has 5 heteroatoms. The van der Waals surface area contributed by atoms with E-state index in [9.17, 15) is 9.90 Å². The quantitative estimate of drug-likeness (QED) is 0.394. The van der Waals surface area contributed by atoms with Crippen molar-refractivity contribution < 1.29 is 14.4 Å². The molecule has 25 heavy (non-hydrogen) atoms. The average molecular weight is 393 g/mol. The van der Waals surface area contributed by atoms with Crippen LogP contribution in [0.1, 0.15) is 21.6 Å². The highest BCUT2D eigenvalue weighted by molar-refractivity contribution is 9.10. The number of aromatic nitrogens is 2. The van der Waals surface area contributed by atoms with E-state index in [1.54, 1.807) is 51.8 Å². The molecule has 2 aromatic carbocycles. The topological polar surface area (TPSA) is 48.6 Å². The zero-order chi connectivity index (χ0) is 17.4. The van der Waals surface area contributed by atoms with E-state index in [2.05, 4.69) is 15.9 Å². The number of carbonyl (C=O) groups is 1. The maximum atomic E-state index is 13.0. The van der Waals surface area contributed by atoms with Gasteiger partial charge in [0, 0.05) is 11.6 Å². The first kappa shape index (κ1) is 15.6. The van der Waals surface area contributed by atoms with E-state index in [1.165, 1.54) is 0 Å². The van der Waals surface area contributed by atoms with Crippen molar-refractivity contribution in [2.45, 2.75) is 0 Å².